The molecule has 0 aliphatic heterocycles. The first-order chi connectivity index (χ1) is 8.63. The SMILES string of the molecule is CCCC(C)NC(=O)c1cnc2sccn2c1=O. The van der Waals surface area contributed by atoms with Gasteiger partial charge in [0.15, 0.2) is 4.96 Å². The average molecular weight is 265 g/mol. The van der Waals surface area contributed by atoms with Crippen molar-refractivity contribution in [3.8, 4) is 0 Å². The Labute approximate surface area is 108 Å². The Bertz CT molecular complexity index is 617. The number of nitrogens with zero attached hydrogens (tertiary/aromatic N) is 2. The topological polar surface area (TPSA) is 63.5 Å². The average Bonchev–Trinajstić information content (AvgIpc) is 2.78. The van der Waals surface area contributed by atoms with Gasteiger partial charge in [0.05, 0.1) is 0 Å². The second-order valence-electron chi connectivity index (χ2n) is 4.20. The van der Waals surface area contributed by atoms with E-state index in [0.717, 1.165) is 12.8 Å². The van der Waals surface area contributed by atoms with Crippen molar-refractivity contribution in [3.05, 3.63) is 33.7 Å². The molecule has 6 heteroatoms. The van der Waals surface area contributed by atoms with Crippen LogP contribution in [0.5, 0.6) is 0 Å². The van der Waals surface area contributed by atoms with E-state index in [1.54, 1.807) is 11.6 Å². The Hall–Kier alpha value is -1.69. The molecule has 2 aromatic rings. The molecule has 1 amide bonds. The second kappa shape index (κ2) is 5.30. The molecule has 2 rings (SSSR count). The number of aromatic nitrogens is 2. The maximum Gasteiger partial charge on any atom is 0.271 e. The molecule has 1 unspecified atom stereocenters. The first kappa shape index (κ1) is 12.8. The smallest absolute Gasteiger partial charge is 0.271 e. The van der Waals surface area contributed by atoms with Crippen molar-refractivity contribution < 1.29 is 4.79 Å². The van der Waals surface area contributed by atoms with Gasteiger partial charge in [0.1, 0.15) is 5.56 Å². The molecule has 18 heavy (non-hydrogen) atoms. The third kappa shape index (κ3) is 2.43. The molecule has 0 bridgehead atoms. The summed E-state index contributed by atoms with van der Waals surface area (Å²) in [6, 6.07) is 0.0603. The number of rotatable bonds is 4. The van der Waals surface area contributed by atoms with E-state index in [2.05, 4.69) is 17.2 Å². The van der Waals surface area contributed by atoms with Crippen LogP contribution in [0.25, 0.3) is 4.96 Å². The van der Waals surface area contributed by atoms with Crippen LogP contribution in [0.15, 0.2) is 22.6 Å². The van der Waals surface area contributed by atoms with Crippen LogP contribution in [0.4, 0.5) is 0 Å². The molecular weight excluding hydrogens is 250 g/mol. The van der Waals surface area contributed by atoms with Crippen LogP contribution in [0.2, 0.25) is 0 Å². The van der Waals surface area contributed by atoms with E-state index < -0.39 is 0 Å². The van der Waals surface area contributed by atoms with Crippen LogP contribution in [-0.4, -0.2) is 21.3 Å². The number of amides is 1. The van der Waals surface area contributed by atoms with E-state index in [-0.39, 0.29) is 23.1 Å². The van der Waals surface area contributed by atoms with Crippen LogP contribution < -0.4 is 10.9 Å². The van der Waals surface area contributed by atoms with Gasteiger partial charge in [-0.2, -0.15) is 0 Å². The molecule has 1 N–H and O–H groups in total. The Morgan fingerprint density at radius 1 is 1.61 bits per heavy atom. The van der Waals surface area contributed by atoms with E-state index in [1.165, 1.54) is 21.9 Å². The highest BCUT2D eigenvalue weighted by molar-refractivity contribution is 7.15. The van der Waals surface area contributed by atoms with Crippen LogP contribution in [-0.2, 0) is 0 Å². The van der Waals surface area contributed by atoms with E-state index >= 15 is 0 Å². The zero-order valence-electron chi connectivity index (χ0n) is 10.3. The molecule has 0 aliphatic rings. The first-order valence-corrected chi connectivity index (χ1v) is 6.77. The Morgan fingerprint density at radius 3 is 3.11 bits per heavy atom. The lowest BCUT2D eigenvalue weighted by Gasteiger charge is -2.12. The number of carbonyl (C=O) groups excluding carboxylic acids is 1. The van der Waals surface area contributed by atoms with Crippen molar-refractivity contribution in [1.82, 2.24) is 14.7 Å². The fraction of sp³-hybridized carbons (Fsp3) is 0.417. The monoisotopic (exact) mass is 265 g/mol. The van der Waals surface area contributed by atoms with Crippen molar-refractivity contribution in [1.29, 1.82) is 0 Å². The van der Waals surface area contributed by atoms with Crippen molar-refractivity contribution >= 4 is 22.2 Å². The fourth-order valence-corrected chi connectivity index (χ4v) is 2.46. The number of hydrogen-bond donors (Lipinski definition) is 1. The quantitative estimate of drug-likeness (QED) is 0.914. The van der Waals surface area contributed by atoms with Crippen LogP contribution >= 0.6 is 11.3 Å². The van der Waals surface area contributed by atoms with Gasteiger partial charge in [-0.15, -0.1) is 11.3 Å². The van der Waals surface area contributed by atoms with Gasteiger partial charge in [0.2, 0.25) is 0 Å². The lowest BCUT2D eigenvalue weighted by atomic mass is 10.2. The number of carbonyl (C=O) groups is 1. The molecule has 2 heterocycles. The molecule has 0 saturated heterocycles. The van der Waals surface area contributed by atoms with Crippen molar-refractivity contribution in [2.45, 2.75) is 32.7 Å². The normalized spacial score (nSPS) is 12.6. The van der Waals surface area contributed by atoms with Gasteiger partial charge in [-0.1, -0.05) is 13.3 Å². The molecule has 0 radical (unpaired) electrons. The summed E-state index contributed by atoms with van der Waals surface area (Å²) in [7, 11) is 0. The van der Waals surface area contributed by atoms with Crippen molar-refractivity contribution in [2.75, 3.05) is 0 Å². The number of fused-ring (bicyclic) bond motifs is 1. The highest BCUT2D eigenvalue weighted by Crippen LogP contribution is 2.06. The summed E-state index contributed by atoms with van der Waals surface area (Å²) in [5.74, 6) is -0.353. The molecule has 2 aromatic heterocycles. The molecule has 0 aromatic carbocycles. The third-order valence-corrected chi connectivity index (χ3v) is 3.46. The summed E-state index contributed by atoms with van der Waals surface area (Å²) in [5, 5.41) is 4.57. The Balaban J connectivity index is 2.28. The van der Waals surface area contributed by atoms with Crippen LogP contribution in [0.1, 0.15) is 37.0 Å². The lowest BCUT2D eigenvalue weighted by Crippen LogP contribution is -2.36. The molecule has 1 atom stereocenters. The van der Waals surface area contributed by atoms with Crippen LogP contribution in [0, 0.1) is 0 Å². The van der Waals surface area contributed by atoms with Crippen LogP contribution in [0.3, 0.4) is 0 Å². The van der Waals surface area contributed by atoms with Gasteiger partial charge in [0, 0.05) is 23.8 Å². The largest absolute Gasteiger partial charge is 0.349 e. The number of hydrogen-bond acceptors (Lipinski definition) is 4. The fourth-order valence-electron chi connectivity index (χ4n) is 1.79. The minimum absolute atomic E-state index is 0.0603. The first-order valence-electron chi connectivity index (χ1n) is 5.89. The molecular formula is C12H15N3O2S. The van der Waals surface area contributed by atoms with Gasteiger partial charge in [-0.25, -0.2) is 4.98 Å². The predicted octanol–water partition coefficient (Wildman–Crippen LogP) is 1.67. The van der Waals surface area contributed by atoms with Gasteiger partial charge >= 0.3 is 0 Å². The van der Waals surface area contributed by atoms with E-state index in [4.69, 9.17) is 0 Å². The highest BCUT2D eigenvalue weighted by Gasteiger charge is 2.15. The Kier molecular flexibility index (Phi) is 3.76. The van der Waals surface area contributed by atoms with Gasteiger partial charge in [-0.05, 0) is 13.3 Å². The molecule has 0 aliphatic carbocycles. The third-order valence-electron chi connectivity index (χ3n) is 2.69. The Morgan fingerprint density at radius 2 is 2.39 bits per heavy atom. The van der Waals surface area contributed by atoms with E-state index in [9.17, 15) is 9.59 Å². The summed E-state index contributed by atoms with van der Waals surface area (Å²) >= 11 is 1.36. The molecule has 0 saturated carbocycles. The van der Waals surface area contributed by atoms with Gasteiger partial charge in [0.25, 0.3) is 11.5 Å². The maximum atomic E-state index is 12.0. The molecule has 96 valence electrons. The summed E-state index contributed by atoms with van der Waals surface area (Å²) in [6.45, 7) is 3.98. The second-order valence-corrected chi connectivity index (χ2v) is 5.07. The zero-order valence-corrected chi connectivity index (χ0v) is 11.2. The molecule has 5 nitrogen and oxygen atoms in total. The van der Waals surface area contributed by atoms with Gasteiger partial charge < -0.3 is 5.32 Å². The maximum absolute atomic E-state index is 12.0. The summed E-state index contributed by atoms with van der Waals surface area (Å²) in [5.41, 5.74) is -0.226. The van der Waals surface area contributed by atoms with Crippen molar-refractivity contribution in [3.63, 3.8) is 0 Å². The summed E-state index contributed by atoms with van der Waals surface area (Å²) in [6.07, 6.45) is 4.85. The van der Waals surface area contributed by atoms with E-state index in [0.29, 0.717) is 4.96 Å². The highest BCUT2D eigenvalue weighted by atomic mass is 32.1. The standard InChI is InChI=1S/C12H15N3O2S/c1-3-4-8(2)14-10(16)9-7-13-12-15(11(9)17)5-6-18-12/h5-8H,3-4H2,1-2H3,(H,14,16). The minimum atomic E-state index is -0.353. The summed E-state index contributed by atoms with van der Waals surface area (Å²) in [4.78, 5) is 28.7. The number of thiazole rings is 1. The zero-order chi connectivity index (χ0) is 13.1. The predicted molar refractivity (Wildman–Crippen MR) is 71.2 cm³/mol. The van der Waals surface area contributed by atoms with E-state index in [1.807, 2.05) is 6.92 Å². The minimum Gasteiger partial charge on any atom is -0.349 e. The molecule has 0 fully saturated rings. The number of nitrogens with one attached hydrogen (secondary N) is 1. The van der Waals surface area contributed by atoms with Crippen molar-refractivity contribution in [2.24, 2.45) is 0 Å². The molecule has 0 spiro atoms. The van der Waals surface area contributed by atoms with Gasteiger partial charge in [-0.3, -0.25) is 14.0 Å². The summed E-state index contributed by atoms with van der Waals surface area (Å²) < 4.78 is 1.39. The lowest BCUT2D eigenvalue weighted by molar-refractivity contribution is 0.0936.